The summed E-state index contributed by atoms with van der Waals surface area (Å²) in [6, 6.07) is 4.12. The van der Waals surface area contributed by atoms with Gasteiger partial charge in [0, 0.05) is 18.2 Å². The minimum absolute atomic E-state index is 0.0564. The van der Waals surface area contributed by atoms with Gasteiger partial charge in [0.05, 0.1) is 10.5 Å². The maximum Gasteiger partial charge on any atom is 0.338 e. The van der Waals surface area contributed by atoms with E-state index in [2.05, 4.69) is 10.6 Å². The van der Waals surface area contributed by atoms with Crippen LogP contribution >= 0.6 is 0 Å². The number of nitrogens with one attached hydrogen (secondary N) is 2. The number of amides is 1. The van der Waals surface area contributed by atoms with Crippen molar-refractivity contribution in [3.8, 4) is 0 Å². The van der Waals surface area contributed by atoms with Crippen LogP contribution in [0.1, 0.15) is 55.8 Å². The van der Waals surface area contributed by atoms with Crippen molar-refractivity contribution in [3.05, 3.63) is 33.9 Å². The van der Waals surface area contributed by atoms with Crippen molar-refractivity contribution in [1.29, 1.82) is 0 Å². The molecule has 8 heteroatoms. The fourth-order valence-electron chi connectivity index (χ4n) is 5.96. The van der Waals surface area contributed by atoms with Gasteiger partial charge in [0.15, 0.2) is 6.61 Å². The van der Waals surface area contributed by atoms with Crippen molar-refractivity contribution >= 4 is 23.3 Å². The zero-order valence-electron chi connectivity index (χ0n) is 16.6. The molecule has 4 fully saturated rings. The van der Waals surface area contributed by atoms with Gasteiger partial charge in [-0.2, -0.15) is 0 Å². The smallest absolute Gasteiger partial charge is 0.338 e. The monoisotopic (exact) mass is 401 g/mol. The number of carbonyl (C=O) groups is 2. The van der Waals surface area contributed by atoms with Gasteiger partial charge in [-0.25, -0.2) is 4.79 Å². The molecule has 0 radical (unpaired) electrons. The lowest BCUT2D eigenvalue weighted by molar-refractivity contribution is -0.384. The standard InChI is InChI=1S/C21H27N3O5/c1-2-22-17-4-3-16(8-18(17)24(27)28)20(26)29-12-19(25)23-21-9-13-5-14(10-21)7-15(6-13)11-21/h3-4,8,13-15,22H,2,5-7,9-12H2,1H3,(H,23,25). The van der Waals surface area contributed by atoms with Crippen molar-refractivity contribution in [3.63, 3.8) is 0 Å². The van der Waals surface area contributed by atoms with Crippen LogP contribution in [-0.2, 0) is 9.53 Å². The Labute approximate surface area is 169 Å². The van der Waals surface area contributed by atoms with E-state index in [1.807, 2.05) is 6.92 Å². The molecule has 1 aromatic rings. The van der Waals surface area contributed by atoms with Gasteiger partial charge >= 0.3 is 5.97 Å². The number of ether oxygens (including phenoxy) is 1. The van der Waals surface area contributed by atoms with Crippen molar-refractivity contribution < 1.29 is 19.2 Å². The number of carbonyl (C=O) groups excluding carboxylic acids is 2. The quantitative estimate of drug-likeness (QED) is 0.412. The first kappa shape index (κ1) is 19.7. The van der Waals surface area contributed by atoms with Gasteiger partial charge in [0.25, 0.3) is 11.6 Å². The molecule has 8 nitrogen and oxygen atoms in total. The molecule has 0 saturated heterocycles. The molecular formula is C21H27N3O5. The molecule has 0 atom stereocenters. The first-order valence-electron chi connectivity index (χ1n) is 10.4. The summed E-state index contributed by atoms with van der Waals surface area (Å²) >= 11 is 0. The summed E-state index contributed by atoms with van der Waals surface area (Å²) in [7, 11) is 0. The molecule has 29 heavy (non-hydrogen) atoms. The summed E-state index contributed by atoms with van der Waals surface area (Å²) in [5.41, 5.74) is 0.0682. The van der Waals surface area contributed by atoms with Crippen LogP contribution in [0.15, 0.2) is 18.2 Å². The van der Waals surface area contributed by atoms with E-state index in [0.717, 1.165) is 19.3 Å². The maximum absolute atomic E-state index is 12.5. The van der Waals surface area contributed by atoms with Crippen LogP contribution in [0.3, 0.4) is 0 Å². The van der Waals surface area contributed by atoms with Crippen LogP contribution in [0, 0.1) is 27.9 Å². The van der Waals surface area contributed by atoms with Crippen LogP contribution in [0.4, 0.5) is 11.4 Å². The highest BCUT2D eigenvalue weighted by Crippen LogP contribution is 2.55. The van der Waals surface area contributed by atoms with E-state index in [9.17, 15) is 19.7 Å². The number of nitro benzene ring substituents is 1. The summed E-state index contributed by atoms with van der Waals surface area (Å²) in [6.07, 6.45) is 6.92. The zero-order chi connectivity index (χ0) is 20.6. The Morgan fingerprint density at radius 1 is 1.17 bits per heavy atom. The molecule has 2 N–H and O–H groups in total. The Morgan fingerprint density at radius 2 is 1.79 bits per heavy atom. The Bertz CT molecular complexity index is 802. The average Bonchev–Trinajstić information content (AvgIpc) is 2.65. The number of nitrogens with zero attached hydrogens (tertiary/aromatic N) is 1. The summed E-state index contributed by atoms with van der Waals surface area (Å²) < 4.78 is 5.14. The lowest BCUT2D eigenvalue weighted by Gasteiger charge is -2.56. The molecule has 4 saturated carbocycles. The molecule has 4 aliphatic rings. The fourth-order valence-corrected chi connectivity index (χ4v) is 5.96. The minimum Gasteiger partial charge on any atom is -0.452 e. The van der Waals surface area contributed by atoms with Gasteiger partial charge in [-0.3, -0.25) is 14.9 Å². The van der Waals surface area contributed by atoms with Gasteiger partial charge in [-0.05, 0) is 75.3 Å². The number of nitro groups is 1. The summed E-state index contributed by atoms with van der Waals surface area (Å²) in [4.78, 5) is 35.5. The third-order valence-corrected chi connectivity index (χ3v) is 6.57. The average molecular weight is 401 g/mol. The van der Waals surface area contributed by atoms with E-state index < -0.39 is 10.9 Å². The van der Waals surface area contributed by atoms with E-state index >= 15 is 0 Å². The van der Waals surface area contributed by atoms with E-state index in [4.69, 9.17) is 4.74 Å². The Kier molecular flexibility index (Phi) is 5.19. The number of esters is 1. The SMILES string of the molecule is CCNc1ccc(C(=O)OCC(=O)NC23CC4CC(CC(C4)C2)C3)cc1[N+](=O)[O-]. The zero-order valence-corrected chi connectivity index (χ0v) is 16.6. The second-order valence-electron chi connectivity index (χ2n) is 8.84. The predicted molar refractivity (Wildman–Crippen MR) is 107 cm³/mol. The van der Waals surface area contributed by atoms with E-state index in [1.165, 1.54) is 37.5 Å². The van der Waals surface area contributed by atoms with Crippen LogP contribution in [0.2, 0.25) is 0 Å². The molecule has 0 heterocycles. The molecule has 0 aromatic heterocycles. The highest BCUT2D eigenvalue weighted by atomic mass is 16.6. The van der Waals surface area contributed by atoms with E-state index in [1.54, 1.807) is 0 Å². The van der Waals surface area contributed by atoms with Crippen molar-refractivity contribution in [2.45, 2.75) is 51.0 Å². The fraction of sp³-hybridized carbons (Fsp3) is 0.619. The van der Waals surface area contributed by atoms with Crippen LogP contribution in [0.5, 0.6) is 0 Å². The van der Waals surface area contributed by atoms with Gasteiger partial charge in [-0.1, -0.05) is 0 Å². The summed E-state index contributed by atoms with van der Waals surface area (Å²) in [5, 5.41) is 17.3. The number of hydrogen-bond acceptors (Lipinski definition) is 6. The van der Waals surface area contributed by atoms with Crippen molar-refractivity contribution in [1.82, 2.24) is 5.32 Å². The molecule has 5 rings (SSSR count). The Morgan fingerprint density at radius 3 is 2.34 bits per heavy atom. The third kappa shape index (κ3) is 4.06. The first-order chi connectivity index (χ1) is 13.9. The molecule has 0 spiro atoms. The molecule has 0 aliphatic heterocycles. The van der Waals surface area contributed by atoms with E-state index in [-0.39, 0.29) is 29.3 Å². The van der Waals surface area contributed by atoms with Gasteiger partial charge in [0.2, 0.25) is 0 Å². The highest BCUT2D eigenvalue weighted by Gasteiger charge is 2.51. The third-order valence-electron chi connectivity index (χ3n) is 6.57. The first-order valence-corrected chi connectivity index (χ1v) is 10.4. The van der Waals surface area contributed by atoms with E-state index in [0.29, 0.717) is 30.0 Å². The Balaban J connectivity index is 1.35. The van der Waals surface area contributed by atoms with Crippen LogP contribution in [-0.4, -0.2) is 35.5 Å². The molecule has 1 aromatic carbocycles. The largest absolute Gasteiger partial charge is 0.452 e. The topological polar surface area (TPSA) is 111 Å². The van der Waals surface area contributed by atoms with Crippen molar-refractivity contribution in [2.24, 2.45) is 17.8 Å². The Hall–Kier alpha value is -2.64. The minimum atomic E-state index is -0.739. The molecule has 4 aliphatic carbocycles. The number of hydrogen-bond donors (Lipinski definition) is 2. The number of anilines is 1. The second-order valence-corrected chi connectivity index (χ2v) is 8.84. The molecule has 1 amide bonds. The van der Waals surface area contributed by atoms with Crippen LogP contribution < -0.4 is 10.6 Å². The lowest BCUT2D eigenvalue weighted by Crippen LogP contribution is -2.60. The summed E-state index contributed by atoms with van der Waals surface area (Å²) in [6.45, 7) is 1.98. The highest BCUT2D eigenvalue weighted by molar-refractivity contribution is 5.93. The molecular weight excluding hydrogens is 374 g/mol. The second kappa shape index (κ2) is 7.65. The maximum atomic E-state index is 12.5. The van der Waals surface area contributed by atoms with Crippen LogP contribution in [0.25, 0.3) is 0 Å². The van der Waals surface area contributed by atoms with Gasteiger partial charge in [0.1, 0.15) is 5.69 Å². The van der Waals surface area contributed by atoms with Crippen molar-refractivity contribution in [2.75, 3.05) is 18.5 Å². The van der Waals surface area contributed by atoms with Gasteiger partial charge in [-0.15, -0.1) is 0 Å². The molecule has 0 unspecified atom stereocenters. The summed E-state index contributed by atoms with van der Waals surface area (Å²) in [5.74, 6) is 1.09. The normalized spacial score (nSPS) is 29.3. The lowest BCUT2D eigenvalue weighted by atomic mass is 9.53. The number of rotatable bonds is 7. The predicted octanol–water partition coefficient (Wildman–Crippen LogP) is 3.27. The molecule has 4 bridgehead atoms. The number of benzene rings is 1. The van der Waals surface area contributed by atoms with Gasteiger partial charge < -0.3 is 15.4 Å². The molecule has 156 valence electrons.